The summed E-state index contributed by atoms with van der Waals surface area (Å²) in [5, 5.41) is -0.0351. The van der Waals surface area contributed by atoms with Crippen LogP contribution >= 0.6 is 11.6 Å². The van der Waals surface area contributed by atoms with Gasteiger partial charge in [-0.05, 0) is 26.7 Å². The second kappa shape index (κ2) is 4.22. The molecular weight excluding hydrogens is 234 g/mol. The quantitative estimate of drug-likeness (QED) is 0.707. The van der Waals surface area contributed by atoms with E-state index in [9.17, 15) is 8.42 Å². The first-order valence-corrected chi connectivity index (χ1v) is 7.21. The number of hydrogen-bond acceptors (Lipinski definition) is 2. The van der Waals surface area contributed by atoms with Gasteiger partial charge in [0.15, 0.2) is 0 Å². The summed E-state index contributed by atoms with van der Waals surface area (Å²) in [5.41, 5.74) is 0. The van der Waals surface area contributed by atoms with Crippen molar-refractivity contribution in [2.24, 2.45) is 5.92 Å². The minimum Gasteiger partial charge on any atom is -0.212 e. The molecule has 2 atom stereocenters. The third-order valence-electron chi connectivity index (χ3n) is 2.97. The zero-order valence-electron chi connectivity index (χ0n) is 9.83. The fraction of sp³-hybridized carbons (Fsp3) is 1.00. The van der Waals surface area contributed by atoms with E-state index in [-0.39, 0.29) is 5.38 Å². The SMILES string of the molecule is CCC1CN(S(=O)(=O)C(C)(C)C)CC1Cl. The van der Waals surface area contributed by atoms with Crippen LogP contribution < -0.4 is 0 Å². The van der Waals surface area contributed by atoms with Crippen molar-refractivity contribution in [2.75, 3.05) is 13.1 Å². The van der Waals surface area contributed by atoms with Crippen molar-refractivity contribution in [3.05, 3.63) is 0 Å². The van der Waals surface area contributed by atoms with E-state index in [2.05, 4.69) is 0 Å². The summed E-state index contributed by atoms with van der Waals surface area (Å²) in [5.74, 6) is 0.295. The lowest BCUT2D eigenvalue weighted by atomic mass is 10.1. The Balaban J connectivity index is 2.86. The van der Waals surface area contributed by atoms with E-state index in [0.717, 1.165) is 6.42 Å². The van der Waals surface area contributed by atoms with E-state index in [1.54, 1.807) is 25.1 Å². The van der Waals surface area contributed by atoms with Crippen molar-refractivity contribution in [3.8, 4) is 0 Å². The zero-order valence-corrected chi connectivity index (χ0v) is 11.4. The molecular formula is C10H20ClNO2S. The van der Waals surface area contributed by atoms with Crippen molar-refractivity contribution in [1.29, 1.82) is 0 Å². The molecule has 0 aromatic carbocycles. The predicted molar refractivity (Wildman–Crippen MR) is 63.7 cm³/mol. The first-order chi connectivity index (χ1) is 6.70. The first kappa shape index (κ1) is 13.3. The molecule has 0 N–H and O–H groups in total. The summed E-state index contributed by atoms with van der Waals surface area (Å²) < 4.78 is 25.1. The maximum atomic E-state index is 12.1. The molecule has 90 valence electrons. The van der Waals surface area contributed by atoms with Crippen LogP contribution in [0, 0.1) is 5.92 Å². The van der Waals surface area contributed by atoms with E-state index in [0.29, 0.717) is 19.0 Å². The van der Waals surface area contributed by atoms with Crippen molar-refractivity contribution in [3.63, 3.8) is 0 Å². The molecule has 0 bridgehead atoms. The molecule has 2 unspecified atom stereocenters. The Bertz CT molecular complexity index is 321. The molecule has 0 aliphatic carbocycles. The lowest BCUT2D eigenvalue weighted by Gasteiger charge is -2.26. The van der Waals surface area contributed by atoms with Gasteiger partial charge in [-0.15, -0.1) is 11.6 Å². The largest absolute Gasteiger partial charge is 0.219 e. The lowest BCUT2D eigenvalue weighted by molar-refractivity contribution is 0.432. The van der Waals surface area contributed by atoms with Crippen molar-refractivity contribution >= 4 is 21.6 Å². The maximum absolute atomic E-state index is 12.1. The van der Waals surface area contributed by atoms with Crippen LogP contribution in [0.4, 0.5) is 0 Å². The Labute approximate surface area is 97.8 Å². The number of alkyl halides is 1. The van der Waals surface area contributed by atoms with E-state index >= 15 is 0 Å². The molecule has 1 aliphatic rings. The number of nitrogens with zero attached hydrogens (tertiary/aromatic N) is 1. The highest BCUT2D eigenvalue weighted by molar-refractivity contribution is 7.90. The number of rotatable bonds is 2. The summed E-state index contributed by atoms with van der Waals surface area (Å²) in [6, 6.07) is 0. The molecule has 1 saturated heterocycles. The molecule has 5 heteroatoms. The van der Waals surface area contributed by atoms with Crippen LogP contribution in [0.1, 0.15) is 34.1 Å². The second-order valence-electron chi connectivity index (χ2n) is 5.12. The Morgan fingerprint density at radius 1 is 1.33 bits per heavy atom. The van der Waals surface area contributed by atoms with Crippen LogP contribution in [-0.4, -0.2) is 35.9 Å². The van der Waals surface area contributed by atoms with Crippen molar-refractivity contribution in [2.45, 2.75) is 44.2 Å². The van der Waals surface area contributed by atoms with Gasteiger partial charge >= 0.3 is 0 Å². The molecule has 0 radical (unpaired) electrons. The molecule has 0 aromatic rings. The van der Waals surface area contributed by atoms with Gasteiger partial charge in [0.2, 0.25) is 10.0 Å². The summed E-state index contributed by atoms with van der Waals surface area (Å²) in [6.45, 7) is 8.26. The van der Waals surface area contributed by atoms with Crippen LogP contribution in [-0.2, 0) is 10.0 Å². The highest BCUT2D eigenvalue weighted by Crippen LogP contribution is 2.30. The van der Waals surface area contributed by atoms with E-state index in [4.69, 9.17) is 11.6 Å². The van der Waals surface area contributed by atoms with E-state index < -0.39 is 14.8 Å². The highest BCUT2D eigenvalue weighted by Gasteiger charge is 2.42. The Hall–Kier alpha value is 0.200. The first-order valence-electron chi connectivity index (χ1n) is 5.34. The van der Waals surface area contributed by atoms with Gasteiger partial charge in [0.1, 0.15) is 0 Å². The van der Waals surface area contributed by atoms with Crippen LogP contribution in [0.3, 0.4) is 0 Å². The smallest absolute Gasteiger partial charge is 0.212 e. The third kappa shape index (κ3) is 2.48. The molecule has 1 aliphatic heterocycles. The fourth-order valence-electron chi connectivity index (χ4n) is 1.76. The number of hydrogen-bond donors (Lipinski definition) is 0. The molecule has 0 spiro atoms. The highest BCUT2D eigenvalue weighted by atomic mass is 35.5. The van der Waals surface area contributed by atoms with Gasteiger partial charge in [0, 0.05) is 13.1 Å². The Morgan fingerprint density at radius 3 is 2.20 bits per heavy atom. The third-order valence-corrected chi connectivity index (χ3v) is 5.99. The minimum absolute atomic E-state index is 0.0351. The lowest BCUT2D eigenvalue weighted by Crippen LogP contribution is -2.42. The molecule has 0 aromatic heterocycles. The minimum atomic E-state index is -3.20. The molecule has 0 amide bonds. The second-order valence-corrected chi connectivity index (χ2v) is 8.37. The van der Waals surface area contributed by atoms with Gasteiger partial charge in [0.05, 0.1) is 10.1 Å². The average Bonchev–Trinajstić information content (AvgIpc) is 2.45. The van der Waals surface area contributed by atoms with Gasteiger partial charge in [-0.1, -0.05) is 13.3 Å². The van der Waals surface area contributed by atoms with Gasteiger partial charge < -0.3 is 0 Å². The summed E-state index contributed by atoms with van der Waals surface area (Å²) >= 11 is 6.12. The van der Waals surface area contributed by atoms with Crippen molar-refractivity contribution in [1.82, 2.24) is 4.31 Å². The maximum Gasteiger partial charge on any atom is 0.219 e. The van der Waals surface area contributed by atoms with Gasteiger partial charge in [-0.2, -0.15) is 4.31 Å². The Morgan fingerprint density at radius 2 is 1.87 bits per heavy atom. The number of halogens is 1. The number of sulfonamides is 1. The summed E-state index contributed by atoms with van der Waals surface area (Å²) in [4.78, 5) is 0. The van der Waals surface area contributed by atoms with Crippen LogP contribution in [0.25, 0.3) is 0 Å². The standard InChI is InChI=1S/C10H20ClNO2S/c1-5-8-6-12(7-9(8)11)15(13,14)10(2,3)4/h8-9H,5-7H2,1-4H3. The van der Waals surface area contributed by atoms with Gasteiger partial charge in [-0.3, -0.25) is 0 Å². The predicted octanol–water partition coefficient (Wildman–Crippen LogP) is 2.06. The molecule has 0 saturated carbocycles. The van der Waals surface area contributed by atoms with Gasteiger partial charge in [0.25, 0.3) is 0 Å². The molecule has 15 heavy (non-hydrogen) atoms. The Kier molecular flexibility index (Phi) is 3.74. The van der Waals surface area contributed by atoms with E-state index in [1.807, 2.05) is 6.92 Å². The molecule has 1 fully saturated rings. The molecule has 1 heterocycles. The average molecular weight is 254 g/mol. The van der Waals surface area contributed by atoms with Crippen LogP contribution in [0.15, 0.2) is 0 Å². The van der Waals surface area contributed by atoms with Crippen LogP contribution in [0.5, 0.6) is 0 Å². The normalized spacial score (nSPS) is 29.7. The zero-order chi connectivity index (χ0) is 11.9. The molecule has 3 nitrogen and oxygen atoms in total. The van der Waals surface area contributed by atoms with E-state index in [1.165, 1.54) is 0 Å². The van der Waals surface area contributed by atoms with Crippen LogP contribution in [0.2, 0.25) is 0 Å². The topological polar surface area (TPSA) is 37.4 Å². The monoisotopic (exact) mass is 253 g/mol. The summed E-state index contributed by atoms with van der Waals surface area (Å²) in [6.07, 6.45) is 0.935. The summed E-state index contributed by atoms with van der Waals surface area (Å²) in [7, 11) is -3.20. The molecule has 1 rings (SSSR count). The van der Waals surface area contributed by atoms with Crippen molar-refractivity contribution < 1.29 is 8.42 Å². The fourth-order valence-corrected chi connectivity index (χ4v) is 3.79. The van der Waals surface area contributed by atoms with Gasteiger partial charge in [-0.25, -0.2) is 8.42 Å².